The van der Waals surface area contributed by atoms with Crippen molar-refractivity contribution >= 4 is 18.0 Å². The number of alkyl carbamates (subject to hydrolysis) is 1. The minimum Gasteiger partial charge on any atom is -0.550 e. The molecule has 0 aliphatic heterocycles. The van der Waals surface area contributed by atoms with E-state index in [4.69, 9.17) is 4.74 Å². The van der Waals surface area contributed by atoms with E-state index in [0.717, 1.165) is 22.3 Å². The van der Waals surface area contributed by atoms with Crippen molar-refractivity contribution in [1.29, 1.82) is 0 Å². The first-order valence-electron chi connectivity index (χ1n) is 8.49. The Bertz CT molecular complexity index is 833. The summed E-state index contributed by atoms with van der Waals surface area (Å²) >= 11 is 0. The molecule has 1 aliphatic rings. The van der Waals surface area contributed by atoms with Gasteiger partial charge in [-0.1, -0.05) is 48.5 Å². The highest BCUT2D eigenvalue weighted by atomic mass is 16.5. The van der Waals surface area contributed by atoms with Gasteiger partial charge in [-0.3, -0.25) is 0 Å². The molecule has 0 radical (unpaired) electrons. The van der Waals surface area contributed by atoms with Gasteiger partial charge in [0.2, 0.25) is 0 Å². The van der Waals surface area contributed by atoms with E-state index in [1.54, 1.807) is 0 Å². The Kier molecular flexibility index (Phi) is 5.40. The molecular formula is C20H17NO6-2. The van der Waals surface area contributed by atoms with Gasteiger partial charge in [0, 0.05) is 11.9 Å². The molecule has 1 atom stereocenters. The summed E-state index contributed by atoms with van der Waals surface area (Å²) in [6, 6.07) is 14.2. The summed E-state index contributed by atoms with van der Waals surface area (Å²) in [6.07, 6.45) is -1.79. The van der Waals surface area contributed by atoms with Gasteiger partial charge in [-0.05, 0) is 35.1 Å². The number of carboxylic acids is 2. The van der Waals surface area contributed by atoms with Crippen molar-refractivity contribution in [3.8, 4) is 11.1 Å². The normalized spacial score (nSPS) is 13.3. The van der Waals surface area contributed by atoms with Gasteiger partial charge in [-0.25, -0.2) is 4.79 Å². The number of carbonyl (C=O) groups excluding carboxylic acids is 3. The summed E-state index contributed by atoms with van der Waals surface area (Å²) in [4.78, 5) is 33.5. The average Bonchev–Trinajstić information content (AvgIpc) is 2.97. The molecule has 2 aromatic carbocycles. The van der Waals surface area contributed by atoms with Crippen LogP contribution in [0.1, 0.15) is 29.9 Å². The van der Waals surface area contributed by atoms with Crippen molar-refractivity contribution in [2.24, 2.45) is 0 Å². The second-order valence-electron chi connectivity index (χ2n) is 6.25. The monoisotopic (exact) mass is 367 g/mol. The van der Waals surface area contributed by atoms with Gasteiger partial charge in [-0.2, -0.15) is 0 Å². The number of nitrogens with one attached hydrogen (secondary N) is 1. The fourth-order valence-corrected chi connectivity index (χ4v) is 3.29. The zero-order chi connectivity index (χ0) is 19.4. The molecule has 0 spiro atoms. The van der Waals surface area contributed by atoms with Crippen molar-refractivity contribution < 1.29 is 29.3 Å². The van der Waals surface area contributed by atoms with Crippen LogP contribution < -0.4 is 15.5 Å². The van der Waals surface area contributed by atoms with Crippen molar-refractivity contribution in [3.63, 3.8) is 0 Å². The molecule has 140 valence electrons. The largest absolute Gasteiger partial charge is 0.550 e. The Morgan fingerprint density at radius 2 is 1.52 bits per heavy atom. The van der Waals surface area contributed by atoms with Crippen LogP contribution in [0.15, 0.2) is 48.5 Å². The molecule has 1 amide bonds. The van der Waals surface area contributed by atoms with Crippen LogP contribution in [0.25, 0.3) is 11.1 Å². The predicted molar refractivity (Wildman–Crippen MR) is 91.2 cm³/mol. The molecule has 0 saturated carbocycles. The molecule has 0 unspecified atom stereocenters. The first kappa shape index (κ1) is 18.4. The van der Waals surface area contributed by atoms with Crippen LogP contribution in [0, 0.1) is 0 Å². The Morgan fingerprint density at radius 3 is 2.04 bits per heavy atom. The SMILES string of the molecule is O=C([O-])CC[C@H](NC(=O)OCC1c2ccccc2-c2ccccc21)C(=O)[O-]. The van der Waals surface area contributed by atoms with E-state index in [-0.39, 0.29) is 18.9 Å². The summed E-state index contributed by atoms with van der Waals surface area (Å²) in [6.45, 7) is 0.0279. The Hall–Kier alpha value is -3.35. The van der Waals surface area contributed by atoms with Gasteiger partial charge in [-0.15, -0.1) is 0 Å². The quantitative estimate of drug-likeness (QED) is 0.745. The van der Waals surface area contributed by atoms with Crippen LogP contribution in [0.5, 0.6) is 0 Å². The highest BCUT2D eigenvalue weighted by molar-refractivity contribution is 5.80. The molecule has 0 aromatic heterocycles. The first-order chi connectivity index (χ1) is 13.0. The number of ether oxygens (including phenoxy) is 1. The lowest BCUT2D eigenvalue weighted by atomic mass is 9.98. The number of aliphatic carboxylic acids is 2. The maximum Gasteiger partial charge on any atom is 0.407 e. The molecule has 1 N–H and O–H groups in total. The molecule has 1 aliphatic carbocycles. The van der Waals surface area contributed by atoms with Gasteiger partial charge in [0.25, 0.3) is 0 Å². The first-order valence-corrected chi connectivity index (χ1v) is 8.49. The van der Waals surface area contributed by atoms with Crippen LogP contribution in [0.3, 0.4) is 0 Å². The van der Waals surface area contributed by atoms with Crippen LogP contribution in [-0.4, -0.2) is 30.7 Å². The van der Waals surface area contributed by atoms with E-state index in [1.165, 1.54) is 0 Å². The van der Waals surface area contributed by atoms with E-state index in [2.05, 4.69) is 5.32 Å². The van der Waals surface area contributed by atoms with Crippen LogP contribution in [-0.2, 0) is 14.3 Å². The van der Waals surface area contributed by atoms with E-state index in [0.29, 0.717) is 0 Å². The number of carbonyl (C=O) groups is 3. The van der Waals surface area contributed by atoms with Gasteiger partial charge < -0.3 is 29.9 Å². The summed E-state index contributed by atoms with van der Waals surface area (Å²) < 4.78 is 5.22. The summed E-state index contributed by atoms with van der Waals surface area (Å²) in [7, 11) is 0. The van der Waals surface area contributed by atoms with Crippen molar-refractivity contribution in [2.75, 3.05) is 6.61 Å². The van der Waals surface area contributed by atoms with E-state index in [1.807, 2.05) is 48.5 Å². The minimum absolute atomic E-state index is 0.0279. The lowest BCUT2D eigenvalue weighted by Gasteiger charge is -2.21. The summed E-state index contributed by atoms with van der Waals surface area (Å²) in [5.41, 5.74) is 4.20. The Labute approximate surface area is 155 Å². The lowest BCUT2D eigenvalue weighted by Crippen LogP contribution is -2.48. The third-order valence-electron chi connectivity index (χ3n) is 4.56. The number of fused-ring (bicyclic) bond motifs is 3. The van der Waals surface area contributed by atoms with Crippen molar-refractivity contribution in [1.82, 2.24) is 5.32 Å². The summed E-state index contributed by atoms with van der Waals surface area (Å²) in [5.74, 6) is -3.15. The Morgan fingerprint density at radius 1 is 0.963 bits per heavy atom. The molecule has 7 nitrogen and oxygen atoms in total. The van der Waals surface area contributed by atoms with E-state index < -0.39 is 30.5 Å². The third kappa shape index (κ3) is 4.08. The highest BCUT2D eigenvalue weighted by Crippen LogP contribution is 2.44. The van der Waals surface area contributed by atoms with Gasteiger partial charge in [0.15, 0.2) is 0 Å². The predicted octanol–water partition coefficient (Wildman–Crippen LogP) is 0.174. The zero-order valence-corrected chi connectivity index (χ0v) is 14.3. The minimum atomic E-state index is -1.58. The average molecular weight is 367 g/mol. The van der Waals surface area contributed by atoms with Crippen molar-refractivity contribution in [2.45, 2.75) is 24.8 Å². The lowest BCUT2D eigenvalue weighted by molar-refractivity contribution is -0.310. The third-order valence-corrected chi connectivity index (χ3v) is 4.56. The molecule has 0 saturated heterocycles. The number of hydrogen-bond acceptors (Lipinski definition) is 6. The van der Waals surface area contributed by atoms with Crippen LogP contribution >= 0.6 is 0 Å². The number of carboxylic acid groups (broad SMARTS) is 2. The number of rotatable bonds is 7. The van der Waals surface area contributed by atoms with E-state index >= 15 is 0 Å². The molecule has 3 rings (SSSR count). The second kappa shape index (κ2) is 7.90. The topological polar surface area (TPSA) is 119 Å². The number of hydrogen-bond donors (Lipinski definition) is 1. The van der Waals surface area contributed by atoms with Gasteiger partial charge >= 0.3 is 6.09 Å². The maximum atomic E-state index is 12.0. The van der Waals surface area contributed by atoms with Crippen LogP contribution in [0.2, 0.25) is 0 Å². The zero-order valence-electron chi connectivity index (χ0n) is 14.3. The molecular weight excluding hydrogens is 350 g/mol. The fourth-order valence-electron chi connectivity index (χ4n) is 3.29. The van der Waals surface area contributed by atoms with Gasteiger partial charge in [0.05, 0.1) is 12.0 Å². The second-order valence-corrected chi connectivity index (χ2v) is 6.25. The van der Waals surface area contributed by atoms with Crippen LogP contribution in [0.4, 0.5) is 4.79 Å². The summed E-state index contributed by atoms with van der Waals surface area (Å²) in [5, 5.41) is 23.6. The molecule has 2 aromatic rings. The molecule has 0 bridgehead atoms. The Balaban J connectivity index is 1.67. The highest BCUT2D eigenvalue weighted by Gasteiger charge is 2.29. The van der Waals surface area contributed by atoms with Crippen molar-refractivity contribution in [3.05, 3.63) is 59.7 Å². The van der Waals surface area contributed by atoms with E-state index in [9.17, 15) is 24.6 Å². The molecule has 0 fully saturated rings. The van der Waals surface area contributed by atoms with Gasteiger partial charge in [0.1, 0.15) is 6.61 Å². The standard InChI is InChI=1S/C20H19NO6/c22-18(23)10-9-17(19(24)25)21-20(26)27-11-16-14-7-3-1-5-12(14)13-6-2-4-8-15(13)16/h1-8,16-17H,9-11H2,(H,21,26)(H,22,23)(H,24,25)/p-2/t17-/m0/s1. The smallest absolute Gasteiger partial charge is 0.407 e. The number of amides is 1. The molecule has 0 heterocycles. The fraction of sp³-hybridized carbons (Fsp3) is 0.250. The molecule has 27 heavy (non-hydrogen) atoms. The maximum absolute atomic E-state index is 12.0. The number of benzene rings is 2. The molecule has 7 heteroatoms.